The van der Waals surface area contributed by atoms with Crippen LogP contribution >= 0.6 is 0 Å². The zero-order valence-electron chi connectivity index (χ0n) is 16.4. The summed E-state index contributed by atoms with van der Waals surface area (Å²) in [5.41, 5.74) is 0.641. The van der Waals surface area contributed by atoms with Gasteiger partial charge in [-0.15, -0.1) is 0 Å². The predicted octanol–water partition coefficient (Wildman–Crippen LogP) is 3.42. The maximum absolute atomic E-state index is 12.9. The molecule has 1 saturated heterocycles. The average molecular weight is 389 g/mol. The van der Waals surface area contributed by atoms with Crippen LogP contribution in [0.2, 0.25) is 0 Å². The van der Waals surface area contributed by atoms with E-state index in [0.29, 0.717) is 11.1 Å². The molecule has 2 heterocycles. The largest absolute Gasteiger partial charge is 0.339 e. The molecule has 29 heavy (non-hydrogen) atoms. The van der Waals surface area contributed by atoms with Gasteiger partial charge in [0.1, 0.15) is 5.69 Å². The molecule has 1 aliphatic rings. The van der Waals surface area contributed by atoms with Crippen LogP contribution in [0.3, 0.4) is 0 Å². The van der Waals surface area contributed by atoms with E-state index < -0.39 is 0 Å². The molecular formula is C23H23N3O3. The Bertz CT molecular complexity index is 1140. The Labute approximate surface area is 168 Å². The van der Waals surface area contributed by atoms with Crippen molar-refractivity contribution in [3.05, 3.63) is 76.2 Å². The van der Waals surface area contributed by atoms with Crippen LogP contribution < -0.4 is 10.9 Å². The molecule has 6 heteroatoms. The molecule has 1 N–H and O–H groups in total. The minimum Gasteiger partial charge on any atom is -0.339 e. The number of fused-ring (bicyclic) bond motifs is 1. The number of benzene rings is 2. The number of hydrogen-bond acceptors (Lipinski definition) is 3. The Balaban J connectivity index is 1.66. The number of pyridine rings is 1. The number of aromatic nitrogens is 1. The number of carbonyl (C=O) groups excluding carboxylic acids is 2. The van der Waals surface area contributed by atoms with Crippen LogP contribution in [0.5, 0.6) is 0 Å². The topological polar surface area (TPSA) is 71.4 Å². The molecule has 1 aliphatic heterocycles. The van der Waals surface area contributed by atoms with Gasteiger partial charge in [-0.3, -0.25) is 14.4 Å². The van der Waals surface area contributed by atoms with Crippen LogP contribution in [-0.4, -0.2) is 34.4 Å². The fraction of sp³-hybridized carbons (Fsp3) is 0.261. The molecule has 0 radical (unpaired) electrons. The zero-order chi connectivity index (χ0) is 20.4. The van der Waals surface area contributed by atoms with Gasteiger partial charge in [-0.1, -0.05) is 36.4 Å². The second-order valence-corrected chi connectivity index (χ2v) is 7.39. The van der Waals surface area contributed by atoms with Crippen molar-refractivity contribution in [2.45, 2.75) is 19.3 Å². The molecule has 0 bridgehead atoms. The van der Waals surface area contributed by atoms with E-state index in [4.69, 9.17) is 0 Å². The molecule has 2 amide bonds. The number of hydrogen-bond donors (Lipinski definition) is 1. The monoisotopic (exact) mass is 389 g/mol. The van der Waals surface area contributed by atoms with Crippen molar-refractivity contribution in [1.29, 1.82) is 0 Å². The van der Waals surface area contributed by atoms with Gasteiger partial charge in [-0.25, -0.2) is 0 Å². The summed E-state index contributed by atoms with van der Waals surface area (Å²) >= 11 is 0. The molecule has 2 aromatic carbocycles. The quantitative estimate of drug-likeness (QED) is 0.746. The Hall–Kier alpha value is -3.41. The summed E-state index contributed by atoms with van der Waals surface area (Å²) in [6.45, 7) is 1.44. The standard InChI is InChI=1S/C23H23N3O3/c1-25-15-17(22(28)26-12-5-2-6-13-26)14-20(23(25)29)24-21(27)19-11-7-9-16-8-3-4-10-18(16)19/h3-4,7-11,14-15H,2,5-6,12-13H2,1H3,(H,24,27). The van der Waals surface area contributed by atoms with Crippen LogP contribution in [0.1, 0.15) is 40.0 Å². The van der Waals surface area contributed by atoms with Gasteiger partial charge in [0.25, 0.3) is 17.4 Å². The zero-order valence-corrected chi connectivity index (χ0v) is 16.4. The van der Waals surface area contributed by atoms with Crippen molar-refractivity contribution < 1.29 is 9.59 Å². The minimum absolute atomic E-state index is 0.105. The summed E-state index contributed by atoms with van der Waals surface area (Å²) in [6, 6.07) is 14.6. The van der Waals surface area contributed by atoms with Crippen molar-refractivity contribution in [2.75, 3.05) is 18.4 Å². The summed E-state index contributed by atoms with van der Waals surface area (Å²) < 4.78 is 1.34. The predicted molar refractivity (Wildman–Crippen MR) is 113 cm³/mol. The first-order chi connectivity index (χ1) is 14.0. The molecule has 6 nitrogen and oxygen atoms in total. The molecule has 0 spiro atoms. The fourth-order valence-electron chi connectivity index (χ4n) is 3.81. The minimum atomic E-state index is -0.374. The van der Waals surface area contributed by atoms with Gasteiger partial charge in [-0.2, -0.15) is 0 Å². The second-order valence-electron chi connectivity index (χ2n) is 7.39. The third kappa shape index (κ3) is 3.78. The van der Waals surface area contributed by atoms with Gasteiger partial charge in [0, 0.05) is 31.9 Å². The number of likely N-dealkylation sites (tertiary alicyclic amines) is 1. The van der Waals surface area contributed by atoms with Gasteiger partial charge in [-0.05, 0) is 42.2 Å². The Kier molecular flexibility index (Phi) is 5.16. The second kappa shape index (κ2) is 7.91. The van der Waals surface area contributed by atoms with Crippen LogP contribution in [0.4, 0.5) is 5.69 Å². The highest BCUT2D eigenvalue weighted by molar-refractivity contribution is 6.13. The number of nitrogens with one attached hydrogen (secondary N) is 1. The molecule has 0 aliphatic carbocycles. The number of anilines is 1. The molecule has 4 rings (SSSR count). The molecule has 0 saturated carbocycles. The third-order valence-electron chi connectivity index (χ3n) is 5.36. The van der Waals surface area contributed by atoms with E-state index in [2.05, 4.69) is 5.32 Å². The van der Waals surface area contributed by atoms with Crippen LogP contribution in [0, 0.1) is 0 Å². The summed E-state index contributed by atoms with van der Waals surface area (Å²) in [5, 5.41) is 4.47. The Morgan fingerprint density at radius 1 is 0.966 bits per heavy atom. The van der Waals surface area contributed by atoms with Crippen LogP contribution in [0.25, 0.3) is 10.8 Å². The van der Waals surface area contributed by atoms with Crippen LogP contribution in [0.15, 0.2) is 59.5 Å². The van der Waals surface area contributed by atoms with Gasteiger partial charge in [0.15, 0.2) is 0 Å². The highest BCUT2D eigenvalue weighted by Crippen LogP contribution is 2.20. The molecule has 0 unspecified atom stereocenters. The number of nitrogens with zero attached hydrogens (tertiary/aromatic N) is 2. The lowest BCUT2D eigenvalue weighted by Gasteiger charge is -2.27. The maximum atomic E-state index is 12.9. The summed E-state index contributed by atoms with van der Waals surface area (Å²) in [5.74, 6) is -0.484. The van der Waals surface area contributed by atoms with Crippen molar-refractivity contribution in [3.8, 4) is 0 Å². The third-order valence-corrected chi connectivity index (χ3v) is 5.36. The molecular weight excluding hydrogens is 366 g/mol. The molecule has 1 aromatic heterocycles. The molecule has 0 atom stereocenters. The molecule has 3 aromatic rings. The van der Waals surface area contributed by atoms with Gasteiger partial charge < -0.3 is 14.8 Å². The van der Waals surface area contributed by atoms with E-state index in [1.165, 1.54) is 16.8 Å². The van der Waals surface area contributed by atoms with E-state index >= 15 is 0 Å². The summed E-state index contributed by atoms with van der Waals surface area (Å²) in [4.78, 5) is 40.1. The number of piperidine rings is 1. The fourth-order valence-corrected chi connectivity index (χ4v) is 3.81. The van der Waals surface area contributed by atoms with Crippen molar-refractivity contribution in [2.24, 2.45) is 7.05 Å². The van der Waals surface area contributed by atoms with Crippen molar-refractivity contribution >= 4 is 28.3 Å². The highest BCUT2D eigenvalue weighted by atomic mass is 16.2. The van der Waals surface area contributed by atoms with Gasteiger partial charge >= 0.3 is 0 Å². The number of rotatable bonds is 3. The van der Waals surface area contributed by atoms with E-state index in [1.807, 2.05) is 36.4 Å². The van der Waals surface area contributed by atoms with E-state index in [0.717, 1.165) is 43.1 Å². The normalized spacial score (nSPS) is 14.0. The van der Waals surface area contributed by atoms with Gasteiger partial charge in [0.05, 0.1) is 5.56 Å². The van der Waals surface area contributed by atoms with Crippen LogP contribution in [-0.2, 0) is 7.05 Å². The van der Waals surface area contributed by atoms with E-state index in [1.54, 1.807) is 18.0 Å². The SMILES string of the molecule is Cn1cc(C(=O)N2CCCCC2)cc(NC(=O)c2cccc3ccccc23)c1=O. The van der Waals surface area contributed by atoms with Gasteiger partial charge in [0.2, 0.25) is 0 Å². The highest BCUT2D eigenvalue weighted by Gasteiger charge is 2.21. The smallest absolute Gasteiger partial charge is 0.274 e. The number of carbonyl (C=O) groups is 2. The Morgan fingerprint density at radius 3 is 2.48 bits per heavy atom. The lowest BCUT2D eigenvalue weighted by Crippen LogP contribution is -2.36. The number of aryl methyl sites for hydroxylation is 1. The number of amides is 2. The maximum Gasteiger partial charge on any atom is 0.274 e. The lowest BCUT2D eigenvalue weighted by molar-refractivity contribution is 0.0723. The first-order valence-electron chi connectivity index (χ1n) is 9.83. The lowest BCUT2D eigenvalue weighted by atomic mass is 10.0. The van der Waals surface area contributed by atoms with E-state index in [-0.39, 0.29) is 23.1 Å². The average Bonchev–Trinajstić information content (AvgIpc) is 2.76. The Morgan fingerprint density at radius 2 is 1.69 bits per heavy atom. The first-order valence-corrected chi connectivity index (χ1v) is 9.83. The molecule has 1 fully saturated rings. The van der Waals surface area contributed by atoms with Crippen molar-refractivity contribution in [3.63, 3.8) is 0 Å². The van der Waals surface area contributed by atoms with Crippen molar-refractivity contribution in [1.82, 2.24) is 9.47 Å². The summed E-state index contributed by atoms with van der Waals surface area (Å²) in [6.07, 6.45) is 4.64. The first kappa shape index (κ1) is 18.9. The van der Waals surface area contributed by atoms with E-state index in [9.17, 15) is 14.4 Å². The molecule has 148 valence electrons. The summed E-state index contributed by atoms with van der Waals surface area (Å²) in [7, 11) is 1.59.